The summed E-state index contributed by atoms with van der Waals surface area (Å²) >= 11 is 0. The predicted octanol–water partition coefficient (Wildman–Crippen LogP) is -4.08. The number of carbonyl (C=O) groups is 2. The third kappa shape index (κ3) is 7.90. The first-order valence-electron chi connectivity index (χ1n) is 1.79. The van der Waals surface area contributed by atoms with Gasteiger partial charge in [-0.2, -0.15) is 0 Å². The SMILES string of the molecule is O=CN(O)CC(=O)O.[Na+]. The molecule has 0 aliphatic rings. The number of rotatable bonds is 3. The van der Waals surface area contributed by atoms with Crippen LogP contribution in [0.1, 0.15) is 0 Å². The number of hydroxylamine groups is 2. The molecule has 6 heteroatoms. The average Bonchev–Trinajstić information content (AvgIpc) is 1.65. The zero-order chi connectivity index (χ0) is 6.57. The molecular weight excluding hydrogens is 137 g/mol. The van der Waals surface area contributed by atoms with Crippen LogP contribution in [0.2, 0.25) is 0 Å². The number of carbonyl (C=O) groups excluding carboxylic acids is 1. The third-order valence-corrected chi connectivity index (χ3v) is 0.419. The molecule has 0 rings (SSSR count). The summed E-state index contributed by atoms with van der Waals surface area (Å²) in [6, 6.07) is 0. The number of carboxylic acid groups (broad SMARTS) is 1. The van der Waals surface area contributed by atoms with E-state index in [1.54, 1.807) is 0 Å². The molecule has 1 amide bonds. The van der Waals surface area contributed by atoms with E-state index >= 15 is 0 Å². The van der Waals surface area contributed by atoms with Crippen molar-refractivity contribution in [3.8, 4) is 0 Å². The van der Waals surface area contributed by atoms with Crippen LogP contribution >= 0.6 is 0 Å². The minimum Gasteiger partial charge on any atom is -0.480 e. The van der Waals surface area contributed by atoms with Crippen molar-refractivity contribution >= 4 is 12.4 Å². The van der Waals surface area contributed by atoms with Crippen LogP contribution in [0.4, 0.5) is 0 Å². The van der Waals surface area contributed by atoms with Gasteiger partial charge < -0.3 is 5.11 Å². The molecule has 0 aromatic carbocycles. The summed E-state index contributed by atoms with van der Waals surface area (Å²) in [5.41, 5.74) is 0. The van der Waals surface area contributed by atoms with Crippen LogP contribution < -0.4 is 29.6 Å². The zero-order valence-electron chi connectivity index (χ0n) is 4.94. The number of amides is 1. The van der Waals surface area contributed by atoms with Crippen molar-refractivity contribution in [2.24, 2.45) is 0 Å². The van der Waals surface area contributed by atoms with Crippen LogP contribution in [-0.4, -0.2) is 34.3 Å². The van der Waals surface area contributed by atoms with Crippen LogP contribution in [-0.2, 0) is 9.59 Å². The van der Waals surface area contributed by atoms with Crippen LogP contribution in [0, 0.1) is 0 Å². The summed E-state index contributed by atoms with van der Waals surface area (Å²) in [6.45, 7) is -0.677. The van der Waals surface area contributed by atoms with Gasteiger partial charge in [0.15, 0.2) is 0 Å². The predicted molar refractivity (Wildman–Crippen MR) is 22.2 cm³/mol. The quantitative estimate of drug-likeness (QED) is 0.182. The fraction of sp³-hybridized carbons (Fsp3) is 0.333. The van der Waals surface area contributed by atoms with Crippen molar-refractivity contribution in [3.05, 3.63) is 0 Å². The normalized spacial score (nSPS) is 7.22. The molecular formula is C3H5NNaO4+. The minimum atomic E-state index is -1.25. The van der Waals surface area contributed by atoms with Gasteiger partial charge in [-0.1, -0.05) is 0 Å². The number of nitrogens with zero attached hydrogens (tertiary/aromatic N) is 1. The molecule has 46 valence electrons. The summed E-state index contributed by atoms with van der Waals surface area (Å²) in [5, 5.41) is 16.0. The van der Waals surface area contributed by atoms with Crippen LogP contribution in [0.15, 0.2) is 0 Å². The Kier molecular flexibility index (Phi) is 7.81. The summed E-state index contributed by atoms with van der Waals surface area (Å²) < 4.78 is 0. The standard InChI is InChI=1S/C3H5NO4.Na/c5-2-4(8)1-3(6)7;/h2,8H,1H2,(H,6,7);/q;+1. The molecule has 0 spiro atoms. The molecule has 0 unspecified atom stereocenters. The van der Waals surface area contributed by atoms with Gasteiger partial charge in [0.25, 0.3) is 0 Å². The van der Waals surface area contributed by atoms with E-state index in [1.165, 1.54) is 0 Å². The summed E-state index contributed by atoms with van der Waals surface area (Å²) in [6.07, 6.45) is 0.0219. The largest absolute Gasteiger partial charge is 1.00 e. The number of hydrogen-bond acceptors (Lipinski definition) is 3. The Morgan fingerprint density at radius 3 is 2.22 bits per heavy atom. The molecule has 9 heavy (non-hydrogen) atoms. The molecule has 0 bridgehead atoms. The van der Waals surface area contributed by atoms with Gasteiger partial charge in [0.2, 0.25) is 6.41 Å². The molecule has 0 heterocycles. The second-order valence-electron chi connectivity index (χ2n) is 1.10. The molecule has 2 N–H and O–H groups in total. The van der Waals surface area contributed by atoms with Crippen molar-refractivity contribution in [1.29, 1.82) is 0 Å². The monoisotopic (exact) mass is 142 g/mol. The first-order valence-corrected chi connectivity index (χ1v) is 1.79. The molecule has 0 aromatic rings. The van der Waals surface area contributed by atoms with E-state index in [1.807, 2.05) is 0 Å². The Balaban J connectivity index is 0. The Hall–Kier alpha value is -0.100. The molecule has 5 nitrogen and oxygen atoms in total. The third-order valence-electron chi connectivity index (χ3n) is 0.419. The minimum absolute atomic E-state index is 0. The summed E-state index contributed by atoms with van der Waals surface area (Å²) in [7, 11) is 0. The molecule has 0 atom stereocenters. The fourth-order valence-corrected chi connectivity index (χ4v) is 0.176. The van der Waals surface area contributed by atoms with Crippen molar-refractivity contribution in [3.63, 3.8) is 0 Å². The van der Waals surface area contributed by atoms with Gasteiger partial charge in [-0.15, -0.1) is 0 Å². The Bertz CT molecular complexity index is 106. The van der Waals surface area contributed by atoms with Crippen molar-refractivity contribution in [1.82, 2.24) is 5.06 Å². The number of aliphatic carboxylic acids is 1. The van der Waals surface area contributed by atoms with Crippen LogP contribution in [0.3, 0.4) is 0 Å². The van der Waals surface area contributed by atoms with Gasteiger partial charge >= 0.3 is 35.5 Å². The Morgan fingerprint density at radius 1 is 1.67 bits per heavy atom. The Morgan fingerprint density at radius 2 is 2.11 bits per heavy atom. The van der Waals surface area contributed by atoms with E-state index in [0.29, 0.717) is 0 Å². The van der Waals surface area contributed by atoms with Crippen molar-refractivity contribution in [2.75, 3.05) is 6.54 Å². The van der Waals surface area contributed by atoms with Gasteiger partial charge in [0.05, 0.1) is 0 Å². The smallest absolute Gasteiger partial charge is 0.480 e. The molecule has 0 aliphatic heterocycles. The van der Waals surface area contributed by atoms with E-state index in [4.69, 9.17) is 10.3 Å². The molecule has 0 saturated heterocycles. The van der Waals surface area contributed by atoms with Gasteiger partial charge in [0, 0.05) is 0 Å². The summed E-state index contributed by atoms with van der Waals surface area (Å²) in [5.74, 6) is -1.25. The second-order valence-corrected chi connectivity index (χ2v) is 1.10. The van der Waals surface area contributed by atoms with Crippen molar-refractivity contribution in [2.45, 2.75) is 0 Å². The van der Waals surface area contributed by atoms with E-state index < -0.39 is 12.5 Å². The van der Waals surface area contributed by atoms with Gasteiger partial charge in [-0.25, -0.2) is 5.06 Å². The van der Waals surface area contributed by atoms with Gasteiger partial charge in [-0.05, 0) is 0 Å². The average molecular weight is 142 g/mol. The maximum atomic E-state index is 9.61. The zero-order valence-corrected chi connectivity index (χ0v) is 6.94. The van der Waals surface area contributed by atoms with Gasteiger partial charge in [-0.3, -0.25) is 14.8 Å². The van der Waals surface area contributed by atoms with E-state index in [0.717, 1.165) is 0 Å². The van der Waals surface area contributed by atoms with E-state index in [-0.39, 0.29) is 41.0 Å². The second kappa shape index (κ2) is 6.03. The van der Waals surface area contributed by atoms with Gasteiger partial charge in [0.1, 0.15) is 6.54 Å². The number of hydrogen-bond donors (Lipinski definition) is 2. The molecule has 0 fully saturated rings. The van der Waals surface area contributed by atoms with Crippen molar-refractivity contribution < 1.29 is 49.5 Å². The first kappa shape index (κ1) is 11.7. The maximum absolute atomic E-state index is 9.61. The Labute approximate surface area is 73.5 Å². The molecule has 0 radical (unpaired) electrons. The number of carboxylic acids is 1. The molecule has 0 aromatic heterocycles. The first-order chi connectivity index (χ1) is 3.66. The van der Waals surface area contributed by atoms with Crippen LogP contribution in [0.5, 0.6) is 0 Å². The topological polar surface area (TPSA) is 77.8 Å². The molecule has 0 saturated carbocycles. The maximum Gasteiger partial charge on any atom is 1.00 e. The van der Waals surface area contributed by atoms with E-state index in [2.05, 4.69) is 0 Å². The van der Waals surface area contributed by atoms with E-state index in [9.17, 15) is 9.59 Å². The van der Waals surface area contributed by atoms with Crippen LogP contribution in [0.25, 0.3) is 0 Å². The molecule has 0 aliphatic carbocycles. The fourth-order valence-electron chi connectivity index (χ4n) is 0.176. The summed E-state index contributed by atoms with van der Waals surface area (Å²) in [4.78, 5) is 19.1.